The summed E-state index contributed by atoms with van der Waals surface area (Å²) >= 11 is 3.08. The lowest BCUT2D eigenvalue weighted by Gasteiger charge is -2.18. The summed E-state index contributed by atoms with van der Waals surface area (Å²) in [5, 5.41) is 0. The van der Waals surface area contributed by atoms with Crippen LogP contribution in [0.15, 0.2) is 33.5 Å². The van der Waals surface area contributed by atoms with Gasteiger partial charge in [0.2, 0.25) is 5.43 Å². The van der Waals surface area contributed by atoms with Crippen molar-refractivity contribution in [1.29, 1.82) is 0 Å². The lowest BCUT2D eigenvalue weighted by molar-refractivity contribution is 0.0204. The molecule has 0 saturated carbocycles. The van der Waals surface area contributed by atoms with Crippen LogP contribution in [-0.2, 0) is 4.74 Å². The summed E-state index contributed by atoms with van der Waals surface area (Å²) in [6.45, 7) is 9.15. The van der Waals surface area contributed by atoms with Gasteiger partial charge in [0.05, 0.1) is 4.47 Å². The van der Waals surface area contributed by atoms with Crippen molar-refractivity contribution >= 4 is 22.1 Å². The van der Waals surface area contributed by atoms with Gasteiger partial charge in [0, 0.05) is 0 Å². The van der Waals surface area contributed by atoms with Gasteiger partial charge in [-0.15, -0.1) is 0 Å². The van der Waals surface area contributed by atoms with Crippen molar-refractivity contribution in [2.24, 2.45) is 0 Å². The minimum absolute atomic E-state index is 0.0730. The molecule has 0 atom stereocenters. The van der Waals surface area contributed by atoms with Crippen LogP contribution in [0.2, 0.25) is 0 Å². The summed E-state index contributed by atoms with van der Waals surface area (Å²) in [6, 6.07) is 6.25. The molecule has 0 bridgehead atoms. The predicted molar refractivity (Wildman–Crippen MR) is 78.6 cm³/mol. The van der Waals surface area contributed by atoms with E-state index in [2.05, 4.69) is 15.9 Å². The fourth-order valence-corrected chi connectivity index (χ4v) is 1.34. The number of halogens is 1. The Morgan fingerprint density at radius 2 is 1.68 bits per heavy atom. The van der Waals surface area contributed by atoms with Crippen molar-refractivity contribution in [3.63, 3.8) is 0 Å². The molecule has 0 aliphatic heterocycles. The first-order valence-electron chi connectivity index (χ1n) is 5.99. The van der Waals surface area contributed by atoms with Crippen LogP contribution in [-0.4, -0.2) is 11.8 Å². The van der Waals surface area contributed by atoms with Crippen molar-refractivity contribution in [1.82, 2.24) is 0 Å². The van der Waals surface area contributed by atoms with Crippen LogP contribution in [0, 0.1) is 0 Å². The van der Waals surface area contributed by atoms with Gasteiger partial charge in [0.15, 0.2) is 5.75 Å². The first-order chi connectivity index (χ1) is 8.79. The maximum Gasteiger partial charge on any atom is 0.514 e. The van der Waals surface area contributed by atoms with Gasteiger partial charge in [-0.05, 0) is 48.8 Å². The zero-order valence-corrected chi connectivity index (χ0v) is 13.4. The Balaban J connectivity index is 0.00000154. The van der Waals surface area contributed by atoms with E-state index in [0.29, 0.717) is 4.47 Å². The average Bonchev–Trinajstić information content (AvgIpc) is 2.45. The van der Waals surface area contributed by atoms with E-state index < -0.39 is 17.2 Å². The summed E-state index contributed by atoms with van der Waals surface area (Å²) in [5.41, 5.74) is -1.06. The maximum absolute atomic E-state index is 11.7. The Morgan fingerprint density at radius 3 is 2.21 bits per heavy atom. The van der Waals surface area contributed by atoms with Crippen molar-refractivity contribution < 1.29 is 14.3 Å². The number of hydrogen-bond acceptors (Lipinski definition) is 4. The molecule has 0 saturated heterocycles. The van der Waals surface area contributed by atoms with Gasteiger partial charge in [-0.3, -0.25) is 4.79 Å². The van der Waals surface area contributed by atoms with Crippen LogP contribution in [0.3, 0.4) is 0 Å². The van der Waals surface area contributed by atoms with E-state index in [9.17, 15) is 9.59 Å². The summed E-state index contributed by atoms with van der Waals surface area (Å²) in [6.07, 6.45) is -0.896. The van der Waals surface area contributed by atoms with Crippen LogP contribution in [0.5, 0.6) is 5.75 Å². The summed E-state index contributed by atoms with van der Waals surface area (Å²) in [7, 11) is 0. The Bertz CT molecular complexity index is 478. The van der Waals surface area contributed by atoms with Crippen LogP contribution in [0.1, 0.15) is 34.6 Å². The third kappa shape index (κ3) is 6.96. The molecule has 0 amide bonds. The zero-order valence-electron chi connectivity index (χ0n) is 11.8. The molecule has 0 aliphatic carbocycles. The second-order valence-electron chi connectivity index (χ2n) is 4.33. The van der Waals surface area contributed by atoms with Crippen molar-refractivity contribution in [2.45, 2.75) is 40.2 Å². The van der Waals surface area contributed by atoms with Gasteiger partial charge in [-0.1, -0.05) is 26.0 Å². The maximum atomic E-state index is 11.7. The van der Waals surface area contributed by atoms with Gasteiger partial charge in [0.1, 0.15) is 5.60 Å². The number of ether oxygens (including phenoxy) is 2. The summed E-state index contributed by atoms with van der Waals surface area (Å²) in [5.74, 6) is -0.0730. The number of carbonyl (C=O) groups is 1. The van der Waals surface area contributed by atoms with Gasteiger partial charge in [-0.2, -0.15) is 0 Å². The molecule has 0 aromatic heterocycles. The third-order valence-electron chi connectivity index (χ3n) is 1.62. The highest BCUT2D eigenvalue weighted by Gasteiger charge is 2.19. The fraction of sp³-hybridized carbons (Fsp3) is 0.429. The molecule has 1 rings (SSSR count). The zero-order chi connectivity index (χ0) is 15.1. The Morgan fingerprint density at radius 1 is 1.16 bits per heavy atom. The molecule has 0 unspecified atom stereocenters. The van der Waals surface area contributed by atoms with E-state index in [-0.39, 0.29) is 5.75 Å². The second-order valence-corrected chi connectivity index (χ2v) is 5.18. The van der Waals surface area contributed by atoms with Gasteiger partial charge >= 0.3 is 6.16 Å². The van der Waals surface area contributed by atoms with Crippen molar-refractivity contribution in [2.75, 3.05) is 0 Å². The van der Waals surface area contributed by atoms with Crippen molar-refractivity contribution in [3.05, 3.63) is 39.0 Å². The molecule has 0 radical (unpaired) electrons. The molecule has 1 aromatic rings. The van der Waals surface area contributed by atoms with Crippen molar-refractivity contribution in [3.8, 4) is 5.75 Å². The second kappa shape index (κ2) is 7.94. The van der Waals surface area contributed by atoms with E-state index in [4.69, 9.17) is 9.47 Å². The SMILES string of the molecule is CC.CC(C)(C)OC(=O)Oc1ccccc(Br)c1=O. The minimum atomic E-state index is -0.896. The van der Waals surface area contributed by atoms with Gasteiger partial charge in [0.25, 0.3) is 0 Å². The lowest BCUT2D eigenvalue weighted by Crippen LogP contribution is -2.27. The Labute approximate surface area is 121 Å². The smallest absolute Gasteiger partial charge is 0.428 e. The van der Waals surface area contributed by atoms with E-state index >= 15 is 0 Å². The molecule has 0 N–H and O–H groups in total. The highest BCUT2D eigenvalue weighted by atomic mass is 79.9. The fourth-order valence-electron chi connectivity index (χ4n) is 0.993. The molecule has 106 valence electrons. The molecule has 5 heteroatoms. The first-order valence-corrected chi connectivity index (χ1v) is 6.78. The molecule has 1 aromatic carbocycles. The van der Waals surface area contributed by atoms with Gasteiger partial charge in [-0.25, -0.2) is 4.79 Å². The Hall–Kier alpha value is -1.36. The first kappa shape index (κ1) is 17.6. The van der Waals surface area contributed by atoms with E-state index in [1.54, 1.807) is 39.0 Å². The summed E-state index contributed by atoms with van der Waals surface area (Å²) < 4.78 is 10.1. The molecule has 0 fully saturated rings. The predicted octanol–water partition coefficient (Wildman–Crippen LogP) is 4.15. The third-order valence-corrected chi connectivity index (χ3v) is 2.25. The summed E-state index contributed by atoms with van der Waals surface area (Å²) in [4.78, 5) is 23.1. The standard InChI is InChI=1S/C12H13BrO4.C2H6/c1-12(2,3)17-11(15)16-9-7-5-4-6-8(13)10(9)14;1-2/h4-7H,1-3H3;1-2H3. The largest absolute Gasteiger partial charge is 0.514 e. The van der Waals surface area contributed by atoms with E-state index in [1.165, 1.54) is 6.07 Å². The average molecular weight is 331 g/mol. The van der Waals surface area contributed by atoms with E-state index in [1.807, 2.05) is 13.8 Å². The van der Waals surface area contributed by atoms with Crippen LogP contribution < -0.4 is 10.2 Å². The molecule has 0 spiro atoms. The molecule has 0 heterocycles. The number of rotatable bonds is 1. The number of carbonyl (C=O) groups excluding carboxylic acids is 1. The van der Waals surface area contributed by atoms with Crippen LogP contribution >= 0.6 is 15.9 Å². The van der Waals surface area contributed by atoms with Gasteiger partial charge < -0.3 is 9.47 Å². The Kier molecular flexibility index (Phi) is 7.37. The lowest BCUT2D eigenvalue weighted by atomic mass is 10.2. The highest BCUT2D eigenvalue weighted by molar-refractivity contribution is 9.10. The monoisotopic (exact) mass is 330 g/mol. The quantitative estimate of drug-likeness (QED) is 0.726. The molecule has 0 aliphatic rings. The molecule has 19 heavy (non-hydrogen) atoms. The molecular weight excluding hydrogens is 312 g/mol. The van der Waals surface area contributed by atoms with Crippen LogP contribution in [0.4, 0.5) is 4.79 Å². The topological polar surface area (TPSA) is 52.6 Å². The van der Waals surface area contributed by atoms with Crippen LogP contribution in [0.25, 0.3) is 0 Å². The molecular formula is C14H19BrO4. The van der Waals surface area contributed by atoms with E-state index in [0.717, 1.165) is 0 Å². The highest BCUT2D eigenvalue weighted by Crippen LogP contribution is 2.12. The minimum Gasteiger partial charge on any atom is -0.428 e. The number of hydrogen-bond donors (Lipinski definition) is 0. The molecule has 4 nitrogen and oxygen atoms in total. The normalized spacial score (nSPS) is 10.0.